The molecule has 2 heterocycles. The summed E-state index contributed by atoms with van der Waals surface area (Å²) in [4.78, 5) is 40.8. The first kappa shape index (κ1) is 17.8. The van der Waals surface area contributed by atoms with Crippen LogP contribution in [0.15, 0.2) is 27.4 Å². The van der Waals surface area contributed by atoms with Crippen molar-refractivity contribution >= 4 is 22.9 Å². The summed E-state index contributed by atoms with van der Waals surface area (Å²) in [6, 6.07) is 5.08. The van der Waals surface area contributed by atoms with Crippen molar-refractivity contribution in [3.63, 3.8) is 0 Å². The van der Waals surface area contributed by atoms with Crippen molar-refractivity contribution in [1.82, 2.24) is 14.4 Å². The summed E-state index contributed by atoms with van der Waals surface area (Å²) in [6.07, 6.45) is 5.53. The predicted molar refractivity (Wildman–Crippen MR) is 101 cm³/mol. The highest BCUT2D eigenvalue weighted by atomic mass is 16.4. The lowest BCUT2D eigenvalue weighted by atomic mass is 9.88. The van der Waals surface area contributed by atoms with Crippen molar-refractivity contribution in [3.8, 4) is 0 Å². The minimum absolute atomic E-state index is 0.0897. The second-order valence-electron chi connectivity index (χ2n) is 7.56. The number of amides is 2. The second-order valence-corrected chi connectivity index (χ2v) is 7.56. The van der Waals surface area contributed by atoms with Crippen molar-refractivity contribution in [1.29, 1.82) is 0 Å². The van der Waals surface area contributed by atoms with Gasteiger partial charge in [0.15, 0.2) is 5.58 Å². The van der Waals surface area contributed by atoms with Crippen LogP contribution in [0.5, 0.6) is 0 Å². The first-order chi connectivity index (χ1) is 13.0. The number of hydrogen-bond acceptors (Lipinski definition) is 4. The van der Waals surface area contributed by atoms with E-state index in [1.165, 1.54) is 11.0 Å². The molecule has 144 valence electrons. The van der Waals surface area contributed by atoms with Crippen LogP contribution in [-0.4, -0.2) is 52.4 Å². The largest absolute Gasteiger partial charge is 0.419 e. The quantitative estimate of drug-likeness (QED) is 0.809. The average molecular weight is 371 g/mol. The van der Waals surface area contributed by atoms with Crippen LogP contribution in [-0.2, 0) is 11.8 Å². The summed E-state index contributed by atoms with van der Waals surface area (Å²) in [7, 11) is 1.64. The number of oxazole rings is 1. The number of rotatable bonds is 2. The number of nitrogens with zero attached hydrogens (tertiary/aromatic N) is 3. The van der Waals surface area contributed by atoms with Gasteiger partial charge in [0, 0.05) is 44.7 Å². The molecule has 27 heavy (non-hydrogen) atoms. The van der Waals surface area contributed by atoms with Crippen LogP contribution < -0.4 is 5.76 Å². The maximum atomic E-state index is 12.8. The molecule has 0 spiro atoms. The molecule has 1 aliphatic heterocycles. The third-order valence-corrected chi connectivity index (χ3v) is 5.87. The Bertz CT molecular complexity index is 915. The van der Waals surface area contributed by atoms with Crippen LogP contribution in [0.1, 0.15) is 42.5 Å². The topological polar surface area (TPSA) is 75.8 Å². The van der Waals surface area contributed by atoms with E-state index in [4.69, 9.17) is 4.42 Å². The molecule has 1 aromatic heterocycles. The SMILES string of the molecule is Cn1c(=O)oc2cc(C(=O)N3CCN(C(=O)C4CCCCC4)CC3)ccc21. The van der Waals surface area contributed by atoms with Crippen LogP contribution in [0.25, 0.3) is 11.1 Å². The molecular formula is C20H25N3O4. The Morgan fingerprint density at radius 3 is 2.37 bits per heavy atom. The molecule has 0 bridgehead atoms. The fraction of sp³-hybridized carbons (Fsp3) is 0.550. The maximum Gasteiger partial charge on any atom is 0.419 e. The molecule has 4 rings (SSSR count). The van der Waals surface area contributed by atoms with Gasteiger partial charge in [-0.3, -0.25) is 14.2 Å². The van der Waals surface area contributed by atoms with Gasteiger partial charge in [-0.25, -0.2) is 4.79 Å². The Labute approximate surface area is 157 Å². The van der Waals surface area contributed by atoms with Crippen LogP contribution in [0.3, 0.4) is 0 Å². The van der Waals surface area contributed by atoms with Crippen LogP contribution in [0, 0.1) is 5.92 Å². The number of benzene rings is 1. The van der Waals surface area contributed by atoms with Crippen molar-refractivity contribution in [2.24, 2.45) is 13.0 Å². The highest BCUT2D eigenvalue weighted by Gasteiger charge is 2.30. The third kappa shape index (κ3) is 3.38. The summed E-state index contributed by atoms with van der Waals surface area (Å²) in [5, 5.41) is 0. The molecule has 1 saturated carbocycles. The van der Waals surface area contributed by atoms with E-state index >= 15 is 0 Å². The van der Waals surface area contributed by atoms with E-state index in [1.54, 1.807) is 30.1 Å². The molecule has 2 amide bonds. The maximum absolute atomic E-state index is 12.8. The molecule has 7 heteroatoms. The smallest absolute Gasteiger partial charge is 0.408 e. The van der Waals surface area contributed by atoms with Crippen LogP contribution in [0.2, 0.25) is 0 Å². The summed E-state index contributed by atoms with van der Waals surface area (Å²) < 4.78 is 6.59. The zero-order chi connectivity index (χ0) is 19.0. The molecule has 2 aliphatic rings. The number of piperazine rings is 1. The first-order valence-electron chi connectivity index (χ1n) is 9.72. The number of aryl methyl sites for hydroxylation is 1. The number of aromatic nitrogens is 1. The van der Waals surface area contributed by atoms with Gasteiger partial charge >= 0.3 is 5.76 Å². The Morgan fingerprint density at radius 2 is 1.67 bits per heavy atom. The van der Waals surface area contributed by atoms with Gasteiger partial charge in [0.25, 0.3) is 5.91 Å². The summed E-state index contributed by atoms with van der Waals surface area (Å²) in [5.41, 5.74) is 1.59. The van der Waals surface area contributed by atoms with Gasteiger partial charge < -0.3 is 14.2 Å². The molecule has 2 aromatic rings. The number of hydrogen-bond donors (Lipinski definition) is 0. The van der Waals surface area contributed by atoms with E-state index in [-0.39, 0.29) is 17.7 Å². The summed E-state index contributed by atoms with van der Waals surface area (Å²) in [5.74, 6) is -0.101. The molecule has 1 saturated heterocycles. The standard InChI is InChI=1S/C20H25N3O4/c1-21-16-8-7-15(13-17(16)27-20(21)26)19(25)23-11-9-22(10-12-23)18(24)14-5-3-2-4-6-14/h7-8,13-14H,2-6,9-12H2,1H3. The number of fused-ring (bicyclic) bond motifs is 1. The lowest BCUT2D eigenvalue weighted by molar-refractivity contribution is -0.138. The highest BCUT2D eigenvalue weighted by Crippen LogP contribution is 2.26. The molecular weight excluding hydrogens is 346 g/mol. The van der Waals surface area contributed by atoms with Gasteiger partial charge in [-0.1, -0.05) is 19.3 Å². The van der Waals surface area contributed by atoms with E-state index in [0.29, 0.717) is 42.8 Å². The van der Waals surface area contributed by atoms with E-state index in [0.717, 1.165) is 25.7 Å². The molecule has 0 radical (unpaired) electrons. The van der Waals surface area contributed by atoms with E-state index in [9.17, 15) is 14.4 Å². The highest BCUT2D eigenvalue weighted by molar-refractivity contribution is 5.97. The van der Waals surface area contributed by atoms with E-state index in [2.05, 4.69) is 0 Å². The van der Waals surface area contributed by atoms with Gasteiger partial charge in [0.05, 0.1) is 5.52 Å². The Hall–Kier alpha value is -2.57. The van der Waals surface area contributed by atoms with Crippen molar-refractivity contribution in [2.75, 3.05) is 26.2 Å². The number of carbonyl (C=O) groups excluding carboxylic acids is 2. The molecule has 2 fully saturated rings. The monoisotopic (exact) mass is 371 g/mol. The first-order valence-corrected chi connectivity index (χ1v) is 9.72. The zero-order valence-electron chi connectivity index (χ0n) is 15.6. The normalized spacial score (nSPS) is 18.9. The van der Waals surface area contributed by atoms with Crippen LogP contribution in [0.4, 0.5) is 0 Å². The lowest BCUT2D eigenvalue weighted by Crippen LogP contribution is -2.52. The minimum Gasteiger partial charge on any atom is -0.408 e. The Balaban J connectivity index is 1.41. The summed E-state index contributed by atoms with van der Waals surface area (Å²) in [6.45, 7) is 2.25. The Kier molecular flexibility index (Phi) is 4.76. The molecule has 0 N–H and O–H groups in total. The average Bonchev–Trinajstić information content (AvgIpc) is 3.01. The molecule has 1 aromatic carbocycles. The van der Waals surface area contributed by atoms with Gasteiger partial charge in [0.2, 0.25) is 5.91 Å². The fourth-order valence-corrected chi connectivity index (χ4v) is 4.19. The lowest BCUT2D eigenvalue weighted by Gasteiger charge is -2.37. The van der Waals surface area contributed by atoms with E-state index in [1.807, 2.05) is 4.90 Å². The Morgan fingerprint density at radius 1 is 1.00 bits per heavy atom. The van der Waals surface area contributed by atoms with Gasteiger partial charge in [-0.05, 0) is 31.0 Å². The number of carbonyl (C=O) groups is 2. The zero-order valence-corrected chi connectivity index (χ0v) is 15.6. The predicted octanol–water partition coefficient (Wildman–Crippen LogP) is 2.00. The molecule has 7 nitrogen and oxygen atoms in total. The van der Waals surface area contributed by atoms with Crippen molar-refractivity contribution < 1.29 is 14.0 Å². The van der Waals surface area contributed by atoms with E-state index < -0.39 is 5.76 Å². The molecule has 1 aliphatic carbocycles. The molecule has 0 unspecified atom stereocenters. The van der Waals surface area contributed by atoms with Crippen LogP contribution >= 0.6 is 0 Å². The third-order valence-electron chi connectivity index (χ3n) is 5.87. The molecule has 0 atom stereocenters. The van der Waals surface area contributed by atoms with Gasteiger partial charge in [0.1, 0.15) is 0 Å². The fourth-order valence-electron chi connectivity index (χ4n) is 4.19. The minimum atomic E-state index is -0.440. The summed E-state index contributed by atoms with van der Waals surface area (Å²) >= 11 is 0. The van der Waals surface area contributed by atoms with Gasteiger partial charge in [-0.2, -0.15) is 0 Å². The van der Waals surface area contributed by atoms with Crippen molar-refractivity contribution in [2.45, 2.75) is 32.1 Å². The van der Waals surface area contributed by atoms with Gasteiger partial charge in [-0.15, -0.1) is 0 Å². The second kappa shape index (κ2) is 7.21. The van der Waals surface area contributed by atoms with Crippen molar-refractivity contribution in [3.05, 3.63) is 34.3 Å².